The minimum atomic E-state index is -1.08. The van der Waals surface area contributed by atoms with Crippen LogP contribution < -0.4 is 15.4 Å². The Kier molecular flexibility index (Phi) is 13.0. The lowest BCUT2D eigenvalue weighted by Crippen LogP contribution is -2.61. The van der Waals surface area contributed by atoms with Gasteiger partial charge in [0, 0.05) is 54.5 Å². The van der Waals surface area contributed by atoms with Gasteiger partial charge < -0.3 is 25.4 Å². The molecule has 3 N–H and O–H groups in total. The SMILES string of the molecule is CCCCCCCOc1ccc(-c2cnc(-c3ccc(C[C@H](NC(=O)c4ccc(C(C)(C)C)s4)C(=O)N4CCNCC4C(=O)O)cc3)nc2)cc1. The highest BCUT2D eigenvalue weighted by atomic mass is 32.1. The average Bonchev–Trinajstić information content (AvgIpc) is 3.65. The summed E-state index contributed by atoms with van der Waals surface area (Å²) in [7, 11) is 0. The highest BCUT2D eigenvalue weighted by Gasteiger charge is 2.36. The van der Waals surface area contributed by atoms with E-state index in [0.29, 0.717) is 17.2 Å². The Morgan fingerprint density at radius 1 is 0.941 bits per heavy atom. The number of thiophene rings is 1. The summed E-state index contributed by atoms with van der Waals surface area (Å²) in [6.07, 6.45) is 9.80. The van der Waals surface area contributed by atoms with E-state index < -0.39 is 24.0 Å². The summed E-state index contributed by atoms with van der Waals surface area (Å²) in [4.78, 5) is 51.5. The number of hydrogen-bond donors (Lipinski definition) is 3. The van der Waals surface area contributed by atoms with E-state index in [4.69, 9.17) is 4.74 Å². The molecule has 3 heterocycles. The lowest BCUT2D eigenvalue weighted by Gasteiger charge is -2.36. The normalized spacial score (nSPS) is 15.3. The maximum atomic E-state index is 13.9. The first-order valence-electron chi connectivity index (χ1n) is 17.8. The van der Waals surface area contributed by atoms with Gasteiger partial charge >= 0.3 is 5.97 Å². The molecule has 0 saturated carbocycles. The number of carboxylic acid groups (broad SMARTS) is 1. The Bertz CT molecular complexity index is 1750. The molecule has 1 unspecified atom stereocenters. The Balaban J connectivity index is 1.26. The van der Waals surface area contributed by atoms with Crippen LogP contribution >= 0.6 is 11.3 Å². The van der Waals surface area contributed by atoms with Crippen LogP contribution in [0.2, 0.25) is 0 Å². The molecule has 0 spiro atoms. The van der Waals surface area contributed by atoms with Crippen molar-refractivity contribution in [2.75, 3.05) is 26.2 Å². The van der Waals surface area contributed by atoms with Gasteiger partial charge in [-0.05, 0) is 47.2 Å². The second-order valence-electron chi connectivity index (χ2n) is 14.0. The Hall–Kier alpha value is -4.61. The molecule has 11 heteroatoms. The van der Waals surface area contributed by atoms with E-state index in [2.05, 4.69) is 48.3 Å². The van der Waals surface area contributed by atoms with Gasteiger partial charge in [0.25, 0.3) is 5.91 Å². The predicted octanol–water partition coefficient (Wildman–Crippen LogP) is 6.74. The van der Waals surface area contributed by atoms with Crippen LogP contribution in [0, 0.1) is 0 Å². The van der Waals surface area contributed by atoms with Crippen LogP contribution in [0.15, 0.2) is 73.1 Å². The van der Waals surface area contributed by atoms with E-state index in [1.807, 2.05) is 54.6 Å². The summed E-state index contributed by atoms with van der Waals surface area (Å²) >= 11 is 1.39. The molecule has 0 bridgehead atoms. The third-order valence-electron chi connectivity index (χ3n) is 8.99. The quantitative estimate of drug-likeness (QED) is 0.116. The number of piperazine rings is 1. The van der Waals surface area contributed by atoms with Crippen molar-refractivity contribution in [3.05, 3.63) is 88.4 Å². The molecule has 2 aromatic carbocycles. The molecule has 10 nitrogen and oxygen atoms in total. The largest absolute Gasteiger partial charge is 0.494 e. The highest BCUT2D eigenvalue weighted by molar-refractivity contribution is 7.14. The third kappa shape index (κ3) is 10.2. The molecule has 0 radical (unpaired) electrons. The first-order chi connectivity index (χ1) is 24.5. The molecule has 5 rings (SSSR count). The Labute approximate surface area is 304 Å². The van der Waals surface area contributed by atoms with Crippen molar-refractivity contribution in [3.63, 3.8) is 0 Å². The van der Waals surface area contributed by atoms with Gasteiger partial charge in [-0.25, -0.2) is 14.8 Å². The van der Waals surface area contributed by atoms with Crippen LogP contribution in [0.3, 0.4) is 0 Å². The number of benzene rings is 2. The van der Waals surface area contributed by atoms with Crippen molar-refractivity contribution in [2.45, 2.75) is 83.7 Å². The zero-order valence-corrected chi connectivity index (χ0v) is 30.8. The van der Waals surface area contributed by atoms with Crippen LogP contribution in [-0.4, -0.2) is 76.1 Å². The standard InChI is InChI=1S/C40H49N5O5S/c1-5-6-7-8-9-22-50-31-16-14-28(15-17-31)30-24-42-36(43-25-30)29-12-10-27(11-13-29)23-32(38(47)45-21-20-41-26-33(45)39(48)49)44-37(46)34-18-19-35(51-34)40(2,3)4/h10-19,24-25,32-33,41H,5-9,20-23,26H2,1-4H3,(H,44,46)(H,48,49)/t32-,33?/m0/s1. The summed E-state index contributed by atoms with van der Waals surface area (Å²) in [5, 5.41) is 15.8. The van der Waals surface area contributed by atoms with E-state index in [0.717, 1.165) is 45.9 Å². The van der Waals surface area contributed by atoms with Crippen molar-refractivity contribution in [2.24, 2.45) is 0 Å². The third-order valence-corrected chi connectivity index (χ3v) is 10.5. The number of ether oxygens (including phenoxy) is 1. The fourth-order valence-corrected chi connectivity index (χ4v) is 6.94. The maximum absolute atomic E-state index is 13.9. The minimum absolute atomic E-state index is 0.118. The van der Waals surface area contributed by atoms with Gasteiger partial charge in [-0.3, -0.25) is 9.59 Å². The average molecular weight is 712 g/mol. The molecule has 1 aliphatic rings. The molecule has 4 aromatic rings. The zero-order valence-electron chi connectivity index (χ0n) is 30.0. The van der Waals surface area contributed by atoms with Crippen molar-refractivity contribution in [1.82, 2.24) is 25.5 Å². The number of hydrogen-bond acceptors (Lipinski definition) is 8. The van der Waals surface area contributed by atoms with Gasteiger partial charge in [0.05, 0.1) is 11.5 Å². The van der Waals surface area contributed by atoms with Gasteiger partial charge in [-0.1, -0.05) is 89.8 Å². The van der Waals surface area contributed by atoms with E-state index >= 15 is 0 Å². The monoisotopic (exact) mass is 711 g/mol. The first kappa shape index (κ1) is 37.6. The summed E-state index contributed by atoms with van der Waals surface area (Å²) in [5.41, 5.74) is 3.39. The van der Waals surface area contributed by atoms with Gasteiger partial charge in [0.15, 0.2) is 5.82 Å². The maximum Gasteiger partial charge on any atom is 0.327 e. The fourth-order valence-electron chi connectivity index (χ4n) is 5.97. The van der Waals surface area contributed by atoms with E-state index in [-0.39, 0.29) is 30.8 Å². The number of nitrogens with one attached hydrogen (secondary N) is 2. The zero-order chi connectivity index (χ0) is 36.4. The predicted molar refractivity (Wildman–Crippen MR) is 201 cm³/mol. The molecule has 51 heavy (non-hydrogen) atoms. The van der Waals surface area contributed by atoms with E-state index in [9.17, 15) is 19.5 Å². The van der Waals surface area contributed by atoms with Crippen LogP contribution in [0.5, 0.6) is 5.75 Å². The van der Waals surface area contributed by atoms with Crippen LogP contribution in [0.25, 0.3) is 22.5 Å². The summed E-state index contributed by atoms with van der Waals surface area (Å²) in [6.45, 7) is 10.0. The smallest absolute Gasteiger partial charge is 0.327 e. The van der Waals surface area contributed by atoms with Gasteiger partial charge in [-0.15, -0.1) is 11.3 Å². The summed E-state index contributed by atoms with van der Waals surface area (Å²) in [5.74, 6) is -0.452. The first-order valence-corrected chi connectivity index (χ1v) is 18.6. The van der Waals surface area contributed by atoms with Crippen molar-refractivity contribution >= 4 is 29.1 Å². The van der Waals surface area contributed by atoms with Crippen LogP contribution in [0.4, 0.5) is 0 Å². The lowest BCUT2D eigenvalue weighted by molar-refractivity contribution is -0.152. The molecule has 2 amide bonds. The van der Waals surface area contributed by atoms with Crippen molar-refractivity contribution in [3.8, 4) is 28.3 Å². The second-order valence-corrected chi connectivity index (χ2v) is 15.1. The Morgan fingerprint density at radius 2 is 1.63 bits per heavy atom. The molecule has 1 fully saturated rings. The Morgan fingerprint density at radius 3 is 2.27 bits per heavy atom. The summed E-state index contributed by atoms with van der Waals surface area (Å²) < 4.78 is 5.90. The van der Waals surface area contributed by atoms with Crippen LogP contribution in [-0.2, 0) is 21.4 Å². The highest BCUT2D eigenvalue weighted by Crippen LogP contribution is 2.30. The molecule has 1 aliphatic heterocycles. The van der Waals surface area contributed by atoms with Crippen LogP contribution in [0.1, 0.15) is 79.9 Å². The molecule has 270 valence electrons. The number of nitrogens with zero attached hydrogens (tertiary/aromatic N) is 3. The fraction of sp³-hybridized carbons (Fsp3) is 0.425. The number of carbonyl (C=O) groups is 3. The molecular formula is C40H49N5O5S. The van der Waals surface area contributed by atoms with Gasteiger partial charge in [0.1, 0.15) is 17.8 Å². The number of unbranched alkanes of at least 4 members (excludes halogenated alkanes) is 4. The van der Waals surface area contributed by atoms with Crippen molar-refractivity contribution in [1.29, 1.82) is 0 Å². The number of carbonyl (C=O) groups excluding carboxylic acids is 2. The number of carboxylic acids is 1. The number of aromatic nitrogens is 2. The topological polar surface area (TPSA) is 134 Å². The number of rotatable bonds is 15. The second kappa shape index (κ2) is 17.5. The van der Waals surface area contributed by atoms with Crippen molar-refractivity contribution < 1.29 is 24.2 Å². The molecule has 2 atom stereocenters. The van der Waals surface area contributed by atoms with E-state index in [1.54, 1.807) is 18.5 Å². The molecule has 2 aromatic heterocycles. The minimum Gasteiger partial charge on any atom is -0.494 e. The number of aliphatic carboxylic acids is 1. The number of amides is 2. The van der Waals surface area contributed by atoms with E-state index in [1.165, 1.54) is 41.9 Å². The lowest BCUT2D eigenvalue weighted by atomic mass is 9.95. The van der Waals surface area contributed by atoms with Gasteiger partial charge in [-0.2, -0.15) is 0 Å². The molecule has 0 aliphatic carbocycles. The van der Waals surface area contributed by atoms with Gasteiger partial charge in [0.2, 0.25) is 5.91 Å². The molecular weight excluding hydrogens is 663 g/mol. The molecule has 1 saturated heterocycles. The summed E-state index contributed by atoms with van der Waals surface area (Å²) in [6, 6.07) is 17.3.